The highest BCUT2D eigenvalue weighted by atomic mass is 32.2. The summed E-state index contributed by atoms with van der Waals surface area (Å²) in [6.45, 7) is 4.63. The van der Waals surface area contributed by atoms with Crippen LogP contribution in [0.25, 0.3) is 0 Å². The van der Waals surface area contributed by atoms with Gasteiger partial charge >= 0.3 is 11.4 Å². The summed E-state index contributed by atoms with van der Waals surface area (Å²) in [7, 11) is 0. The van der Waals surface area contributed by atoms with Crippen molar-refractivity contribution in [3.63, 3.8) is 0 Å². The molecule has 1 aliphatic heterocycles. The van der Waals surface area contributed by atoms with Gasteiger partial charge in [-0.15, -0.1) is 0 Å². The number of carbonyl (C=O) groups excluding carboxylic acids is 1. The lowest BCUT2D eigenvalue weighted by Crippen LogP contribution is -2.50. The number of hydrogen-bond donors (Lipinski definition) is 1. The highest BCUT2D eigenvalue weighted by molar-refractivity contribution is 7.74. The summed E-state index contributed by atoms with van der Waals surface area (Å²) in [6, 6.07) is 13.0. The van der Waals surface area contributed by atoms with Gasteiger partial charge in [-0.2, -0.15) is 4.21 Å². The first-order valence-electron chi connectivity index (χ1n) is 11.7. The van der Waals surface area contributed by atoms with Gasteiger partial charge in [-0.25, -0.2) is 4.98 Å². The van der Waals surface area contributed by atoms with Crippen molar-refractivity contribution in [1.29, 1.82) is 0 Å². The lowest BCUT2D eigenvalue weighted by molar-refractivity contribution is -0.123. The van der Waals surface area contributed by atoms with Gasteiger partial charge in [-0.1, -0.05) is 37.5 Å². The van der Waals surface area contributed by atoms with E-state index in [1.165, 1.54) is 6.42 Å². The predicted molar refractivity (Wildman–Crippen MR) is 130 cm³/mol. The Bertz CT molecular complexity index is 931. The second-order valence-electron chi connectivity index (χ2n) is 8.61. The molecule has 178 valence electrons. The second-order valence-corrected chi connectivity index (χ2v) is 9.21. The number of nitrogens with zero attached hydrogens (tertiary/aromatic N) is 4. The smallest absolute Gasteiger partial charge is 0.357 e. The van der Waals surface area contributed by atoms with Gasteiger partial charge in [0.15, 0.2) is 5.75 Å². The molecule has 1 aliphatic carbocycles. The number of aromatic nitrogens is 1. The fourth-order valence-corrected chi connectivity index (χ4v) is 5.04. The topological polar surface area (TPSA) is 86.2 Å². The third-order valence-corrected chi connectivity index (χ3v) is 6.85. The zero-order valence-electron chi connectivity index (χ0n) is 18.8. The van der Waals surface area contributed by atoms with E-state index in [9.17, 15) is 9.00 Å². The maximum absolute atomic E-state index is 13.3. The summed E-state index contributed by atoms with van der Waals surface area (Å²) in [5.41, 5.74) is 0.821. The molecule has 2 aliphatic rings. The van der Waals surface area contributed by atoms with Gasteiger partial charge in [-0.3, -0.25) is 19.1 Å². The van der Waals surface area contributed by atoms with E-state index in [4.69, 9.17) is 8.74 Å². The maximum atomic E-state index is 13.3. The first-order chi connectivity index (χ1) is 16.1. The molecule has 2 aromatic rings. The molecule has 1 aromatic heterocycles. The standard InChI is InChI=1S/C24H32N4O4S/c29-24(20-8-2-1-3-9-20)28(23-12-6-7-13-25-23)19-16-26-14-17-27(18-15-26)21-10-4-5-11-22(21)32-33(30)31/h4-7,10-13,20H,1-3,8-9,14-19H2,(H,30,31). The van der Waals surface area contributed by atoms with Crippen molar-refractivity contribution in [3.05, 3.63) is 48.7 Å². The first kappa shape index (κ1) is 23.7. The average molecular weight is 473 g/mol. The number of para-hydroxylation sites is 2. The van der Waals surface area contributed by atoms with Crippen LogP contribution in [0.1, 0.15) is 32.1 Å². The Morgan fingerprint density at radius 1 is 1.06 bits per heavy atom. The monoisotopic (exact) mass is 472 g/mol. The summed E-state index contributed by atoms with van der Waals surface area (Å²) in [5, 5.41) is 0. The fraction of sp³-hybridized carbons (Fsp3) is 0.500. The number of hydrogen-bond acceptors (Lipinski definition) is 6. The highest BCUT2D eigenvalue weighted by Gasteiger charge is 2.28. The van der Waals surface area contributed by atoms with Crippen LogP contribution in [0.15, 0.2) is 48.7 Å². The Morgan fingerprint density at radius 2 is 1.79 bits per heavy atom. The van der Waals surface area contributed by atoms with Gasteiger partial charge < -0.3 is 9.08 Å². The van der Waals surface area contributed by atoms with Crippen LogP contribution in [-0.4, -0.2) is 63.8 Å². The lowest BCUT2D eigenvalue weighted by Gasteiger charge is -2.37. The Hall–Kier alpha value is -2.49. The number of amides is 1. The number of piperazine rings is 1. The number of benzene rings is 1. The Morgan fingerprint density at radius 3 is 2.48 bits per heavy atom. The van der Waals surface area contributed by atoms with Crippen LogP contribution in [0, 0.1) is 5.92 Å². The Kier molecular flexibility index (Phi) is 8.30. The van der Waals surface area contributed by atoms with Crippen LogP contribution in [0.4, 0.5) is 11.5 Å². The minimum atomic E-state index is -2.35. The van der Waals surface area contributed by atoms with E-state index in [-0.39, 0.29) is 11.8 Å². The molecule has 1 atom stereocenters. The molecule has 33 heavy (non-hydrogen) atoms. The molecule has 0 bridgehead atoms. The van der Waals surface area contributed by atoms with Crippen LogP contribution in [0.2, 0.25) is 0 Å². The van der Waals surface area contributed by atoms with Crippen LogP contribution >= 0.6 is 0 Å². The number of pyridine rings is 1. The maximum Gasteiger partial charge on any atom is 0.357 e. The molecule has 1 saturated carbocycles. The number of rotatable bonds is 8. The molecule has 0 spiro atoms. The van der Waals surface area contributed by atoms with Crippen molar-refractivity contribution in [2.24, 2.45) is 5.92 Å². The van der Waals surface area contributed by atoms with Gasteiger partial charge in [0.1, 0.15) is 5.82 Å². The van der Waals surface area contributed by atoms with Gasteiger partial charge in [0, 0.05) is 51.4 Å². The average Bonchev–Trinajstić information content (AvgIpc) is 2.86. The van der Waals surface area contributed by atoms with Crippen molar-refractivity contribution in [2.45, 2.75) is 32.1 Å². The summed E-state index contributed by atoms with van der Waals surface area (Å²) in [6.07, 6.45) is 7.17. The van der Waals surface area contributed by atoms with Crippen molar-refractivity contribution in [1.82, 2.24) is 9.88 Å². The van der Waals surface area contributed by atoms with Gasteiger partial charge in [-0.05, 0) is 37.1 Å². The van der Waals surface area contributed by atoms with E-state index in [0.717, 1.165) is 69.9 Å². The van der Waals surface area contributed by atoms with Crippen molar-refractivity contribution in [3.8, 4) is 5.75 Å². The van der Waals surface area contributed by atoms with E-state index >= 15 is 0 Å². The van der Waals surface area contributed by atoms with Gasteiger partial charge in [0.25, 0.3) is 0 Å². The summed E-state index contributed by atoms with van der Waals surface area (Å²) < 4.78 is 25.3. The van der Waals surface area contributed by atoms with Crippen LogP contribution in [0.5, 0.6) is 5.75 Å². The molecule has 9 heteroatoms. The third-order valence-electron chi connectivity index (χ3n) is 6.53. The molecule has 2 heterocycles. The molecule has 1 unspecified atom stereocenters. The van der Waals surface area contributed by atoms with Gasteiger partial charge in [0.05, 0.1) is 5.69 Å². The molecule has 1 aromatic carbocycles. The zero-order chi connectivity index (χ0) is 23.0. The van der Waals surface area contributed by atoms with Crippen molar-refractivity contribution >= 4 is 28.8 Å². The second kappa shape index (κ2) is 11.6. The van der Waals surface area contributed by atoms with Crippen LogP contribution in [-0.2, 0) is 16.2 Å². The van der Waals surface area contributed by atoms with Crippen LogP contribution in [0.3, 0.4) is 0 Å². The Labute approximate surface area is 198 Å². The molecule has 8 nitrogen and oxygen atoms in total. The summed E-state index contributed by atoms with van der Waals surface area (Å²) >= 11 is -2.35. The number of carbonyl (C=O) groups is 1. The Balaban J connectivity index is 1.36. The molecule has 1 saturated heterocycles. The fourth-order valence-electron chi connectivity index (χ4n) is 4.74. The predicted octanol–water partition coefficient (Wildman–Crippen LogP) is 3.33. The minimum Gasteiger partial charge on any atom is -0.378 e. The van der Waals surface area contributed by atoms with E-state index in [0.29, 0.717) is 12.3 Å². The summed E-state index contributed by atoms with van der Waals surface area (Å²) in [5.74, 6) is 1.45. The normalized spacial score (nSPS) is 18.6. The van der Waals surface area contributed by atoms with Crippen molar-refractivity contribution in [2.75, 3.05) is 49.1 Å². The summed E-state index contributed by atoms with van der Waals surface area (Å²) in [4.78, 5) is 24.2. The molecule has 4 rings (SSSR count). The van der Waals surface area contributed by atoms with Crippen LogP contribution < -0.4 is 14.0 Å². The number of anilines is 2. The van der Waals surface area contributed by atoms with Crippen molar-refractivity contribution < 1.29 is 17.7 Å². The molecule has 1 N–H and O–H groups in total. The lowest BCUT2D eigenvalue weighted by atomic mass is 9.88. The SMILES string of the molecule is O=C(C1CCCCC1)N(CCN1CCN(c2ccccc2OS(=O)O)CC1)c1ccccn1. The molecule has 1 amide bonds. The van der Waals surface area contributed by atoms with E-state index in [2.05, 4.69) is 14.8 Å². The molecular formula is C24H32N4O4S. The molecule has 2 fully saturated rings. The molecular weight excluding hydrogens is 440 g/mol. The van der Waals surface area contributed by atoms with E-state index < -0.39 is 11.4 Å². The third kappa shape index (κ3) is 6.31. The first-order valence-corrected chi connectivity index (χ1v) is 12.7. The molecule has 0 radical (unpaired) electrons. The quantitative estimate of drug-likeness (QED) is 0.590. The minimum absolute atomic E-state index is 0.103. The zero-order valence-corrected chi connectivity index (χ0v) is 19.7. The van der Waals surface area contributed by atoms with E-state index in [1.807, 2.05) is 35.2 Å². The van der Waals surface area contributed by atoms with Gasteiger partial charge in [0.2, 0.25) is 5.91 Å². The van der Waals surface area contributed by atoms with E-state index in [1.54, 1.807) is 18.3 Å². The highest BCUT2D eigenvalue weighted by Crippen LogP contribution is 2.30. The largest absolute Gasteiger partial charge is 0.378 e.